The van der Waals surface area contributed by atoms with E-state index in [1.807, 2.05) is 25.5 Å². The Morgan fingerprint density at radius 1 is 1.24 bits per heavy atom. The van der Waals surface area contributed by atoms with Gasteiger partial charge in [0.2, 0.25) is 0 Å². The van der Waals surface area contributed by atoms with Crippen LogP contribution in [-0.2, 0) is 9.30 Å². The summed E-state index contributed by atoms with van der Waals surface area (Å²) in [6.07, 6.45) is 6.82. The third-order valence-corrected chi connectivity index (χ3v) is 5.62. The van der Waals surface area contributed by atoms with Crippen LogP contribution in [0.15, 0.2) is 36.5 Å². The van der Waals surface area contributed by atoms with Crippen LogP contribution in [0.1, 0.15) is 12.8 Å². The second kappa shape index (κ2) is 5.96. The molecule has 0 N–H and O–H groups in total. The monoisotopic (exact) mass is 306 g/mol. The highest BCUT2D eigenvalue weighted by atomic mass is 31.2. The zero-order valence-electron chi connectivity index (χ0n) is 12.7. The molecule has 0 saturated carbocycles. The second-order valence-electron chi connectivity index (χ2n) is 6.10. The van der Waals surface area contributed by atoms with Gasteiger partial charge in [0.25, 0.3) is 0 Å². The summed E-state index contributed by atoms with van der Waals surface area (Å²) in [6, 6.07) is 8.07. The fraction of sp³-hybridized carbons (Fsp3) is 0.500. The van der Waals surface area contributed by atoms with Crippen molar-refractivity contribution in [1.82, 2.24) is 4.90 Å². The zero-order chi connectivity index (χ0) is 14.9. The van der Waals surface area contributed by atoms with Gasteiger partial charge in [0.1, 0.15) is 13.4 Å². The lowest BCUT2D eigenvalue weighted by molar-refractivity contribution is -0.0140. The maximum atomic E-state index is 12.1. The fourth-order valence-corrected chi connectivity index (χ4v) is 3.71. The molecule has 2 aliphatic heterocycles. The lowest BCUT2D eigenvalue weighted by atomic mass is 10.2. The van der Waals surface area contributed by atoms with Gasteiger partial charge in [-0.25, -0.2) is 0 Å². The maximum Gasteiger partial charge on any atom is 0.112 e. The highest BCUT2D eigenvalue weighted by Crippen LogP contribution is 2.35. The first-order valence-corrected chi connectivity index (χ1v) is 10.1. The number of anilines is 1. The standard InChI is InChI=1S/C16H23N2O2P/c1-21(2,19)15-8-6-14(7-9-15)17-10-4-11-18(13-17)16-5-3-12-20-16/h4,6-10,16H,3,5,11-13H2,1-2H3. The van der Waals surface area contributed by atoms with E-state index >= 15 is 0 Å². The van der Waals surface area contributed by atoms with Crippen LogP contribution in [-0.4, -0.2) is 44.3 Å². The van der Waals surface area contributed by atoms with Gasteiger partial charge in [-0.05, 0) is 50.4 Å². The Hall–Kier alpha value is -1.09. The van der Waals surface area contributed by atoms with E-state index in [2.05, 4.69) is 34.2 Å². The number of hydrogen-bond acceptors (Lipinski definition) is 4. The predicted octanol–water partition coefficient (Wildman–Crippen LogP) is 2.66. The highest BCUT2D eigenvalue weighted by Gasteiger charge is 2.25. The lowest BCUT2D eigenvalue weighted by Gasteiger charge is -2.35. The van der Waals surface area contributed by atoms with Gasteiger partial charge < -0.3 is 14.2 Å². The lowest BCUT2D eigenvalue weighted by Crippen LogP contribution is -2.44. The average Bonchev–Trinajstić information content (AvgIpc) is 3.01. The van der Waals surface area contributed by atoms with E-state index in [1.165, 1.54) is 0 Å². The van der Waals surface area contributed by atoms with Gasteiger partial charge in [-0.3, -0.25) is 4.90 Å². The molecule has 5 heteroatoms. The smallest absolute Gasteiger partial charge is 0.112 e. The number of ether oxygens (including phenoxy) is 1. The Bertz CT molecular complexity index is 558. The molecule has 1 saturated heterocycles. The molecule has 1 unspecified atom stereocenters. The van der Waals surface area contributed by atoms with Crippen molar-refractivity contribution in [2.45, 2.75) is 19.1 Å². The summed E-state index contributed by atoms with van der Waals surface area (Å²) in [5.74, 6) is 0. The summed E-state index contributed by atoms with van der Waals surface area (Å²) < 4.78 is 17.8. The zero-order valence-corrected chi connectivity index (χ0v) is 13.6. The van der Waals surface area contributed by atoms with Crippen molar-refractivity contribution in [3.05, 3.63) is 36.5 Å². The van der Waals surface area contributed by atoms with Crippen LogP contribution in [0.4, 0.5) is 5.69 Å². The minimum absolute atomic E-state index is 0.253. The van der Waals surface area contributed by atoms with E-state index in [9.17, 15) is 4.57 Å². The van der Waals surface area contributed by atoms with Gasteiger partial charge in [0, 0.05) is 30.3 Å². The van der Waals surface area contributed by atoms with E-state index in [-0.39, 0.29) is 6.23 Å². The van der Waals surface area contributed by atoms with Gasteiger partial charge in [-0.15, -0.1) is 0 Å². The van der Waals surface area contributed by atoms with E-state index in [4.69, 9.17) is 4.74 Å². The van der Waals surface area contributed by atoms with Gasteiger partial charge in [0.15, 0.2) is 0 Å². The maximum absolute atomic E-state index is 12.1. The Labute approximate surface area is 126 Å². The summed E-state index contributed by atoms with van der Waals surface area (Å²) >= 11 is 0. The number of nitrogens with zero attached hydrogens (tertiary/aromatic N) is 2. The molecule has 1 fully saturated rings. The van der Waals surface area contributed by atoms with Crippen LogP contribution < -0.4 is 10.2 Å². The number of benzene rings is 1. The second-order valence-corrected chi connectivity index (χ2v) is 9.32. The highest BCUT2D eigenvalue weighted by molar-refractivity contribution is 7.70. The minimum atomic E-state index is -2.17. The summed E-state index contributed by atoms with van der Waals surface area (Å²) in [5, 5.41) is 0.934. The molecule has 0 aromatic heterocycles. The Kier molecular flexibility index (Phi) is 4.21. The molecule has 0 aliphatic carbocycles. The molecule has 21 heavy (non-hydrogen) atoms. The molecular formula is C16H23N2O2P. The molecule has 1 atom stereocenters. The van der Waals surface area contributed by atoms with E-state index in [0.29, 0.717) is 0 Å². The molecule has 2 heterocycles. The predicted molar refractivity (Wildman–Crippen MR) is 87.7 cm³/mol. The van der Waals surface area contributed by atoms with Crippen LogP contribution in [0.2, 0.25) is 0 Å². The summed E-state index contributed by atoms with van der Waals surface area (Å²) in [6.45, 7) is 6.28. The SMILES string of the molecule is CP(C)(=O)c1ccc(N2C=CCN(C3CCCO3)C2)cc1. The van der Waals surface area contributed by atoms with Crippen molar-refractivity contribution < 1.29 is 9.30 Å². The third-order valence-electron chi connectivity index (χ3n) is 4.08. The molecule has 3 rings (SSSR count). The number of hydrogen-bond donors (Lipinski definition) is 0. The fourth-order valence-electron chi connectivity index (χ4n) is 2.84. The van der Waals surface area contributed by atoms with Crippen molar-refractivity contribution in [1.29, 1.82) is 0 Å². The summed E-state index contributed by atoms with van der Waals surface area (Å²) in [7, 11) is -2.17. The first-order chi connectivity index (χ1) is 10.0. The van der Waals surface area contributed by atoms with Crippen LogP contribution in [0, 0.1) is 0 Å². The van der Waals surface area contributed by atoms with E-state index < -0.39 is 7.14 Å². The molecular weight excluding hydrogens is 283 g/mol. The van der Waals surface area contributed by atoms with Crippen molar-refractivity contribution in [2.24, 2.45) is 0 Å². The van der Waals surface area contributed by atoms with Gasteiger partial charge in [-0.2, -0.15) is 0 Å². The Morgan fingerprint density at radius 3 is 2.62 bits per heavy atom. The minimum Gasteiger partial charge on any atom is -0.363 e. The molecule has 0 radical (unpaired) electrons. The molecule has 0 spiro atoms. The average molecular weight is 306 g/mol. The Balaban J connectivity index is 1.73. The van der Waals surface area contributed by atoms with Crippen molar-refractivity contribution >= 4 is 18.1 Å². The van der Waals surface area contributed by atoms with Crippen molar-refractivity contribution in [3.63, 3.8) is 0 Å². The van der Waals surface area contributed by atoms with Gasteiger partial charge >= 0.3 is 0 Å². The largest absolute Gasteiger partial charge is 0.363 e. The van der Waals surface area contributed by atoms with Crippen LogP contribution in [0.5, 0.6) is 0 Å². The normalized spacial score (nSPS) is 23.7. The van der Waals surface area contributed by atoms with Gasteiger partial charge in [0.05, 0.1) is 6.67 Å². The van der Waals surface area contributed by atoms with Crippen LogP contribution >= 0.6 is 7.14 Å². The molecule has 0 bridgehead atoms. The third kappa shape index (κ3) is 3.39. The van der Waals surface area contributed by atoms with Crippen molar-refractivity contribution in [3.8, 4) is 0 Å². The van der Waals surface area contributed by atoms with Crippen LogP contribution in [0.25, 0.3) is 0 Å². The van der Waals surface area contributed by atoms with E-state index in [0.717, 1.165) is 43.7 Å². The first-order valence-electron chi connectivity index (χ1n) is 7.48. The molecule has 0 amide bonds. The van der Waals surface area contributed by atoms with Crippen LogP contribution in [0.3, 0.4) is 0 Å². The topological polar surface area (TPSA) is 32.8 Å². The molecule has 1 aromatic rings. The first kappa shape index (κ1) is 14.8. The van der Waals surface area contributed by atoms with Crippen molar-refractivity contribution in [2.75, 3.05) is 38.0 Å². The summed E-state index contributed by atoms with van der Waals surface area (Å²) in [4.78, 5) is 4.57. The molecule has 2 aliphatic rings. The molecule has 114 valence electrons. The molecule has 4 nitrogen and oxygen atoms in total. The van der Waals surface area contributed by atoms with E-state index in [1.54, 1.807) is 0 Å². The number of rotatable bonds is 3. The van der Waals surface area contributed by atoms with Gasteiger partial charge in [-0.1, -0.05) is 6.08 Å². The molecule has 1 aromatic carbocycles. The quantitative estimate of drug-likeness (QED) is 0.804. The Morgan fingerprint density at radius 2 is 2.00 bits per heavy atom. The summed E-state index contributed by atoms with van der Waals surface area (Å²) in [5.41, 5.74) is 1.13.